The quantitative estimate of drug-likeness (QED) is 0.525. The second-order valence-electron chi connectivity index (χ2n) is 4.41. The maximum atomic E-state index is 11.7. The lowest BCUT2D eigenvalue weighted by molar-refractivity contribution is -0.144. The van der Waals surface area contributed by atoms with Crippen molar-refractivity contribution in [1.82, 2.24) is 16.0 Å². The molecule has 0 rings (SSSR count). The highest BCUT2D eigenvalue weighted by Crippen LogP contribution is 1.91. The summed E-state index contributed by atoms with van der Waals surface area (Å²) in [5, 5.41) is 7.23. The summed E-state index contributed by atoms with van der Waals surface area (Å²) in [7, 11) is 1.21. The highest BCUT2D eigenvalue weighted by molar-refractivity contribution is 5.92. The van der Waals surface area contributed by atoms with Gasteiger partial charge in [-0.15, -0.1) is 0 Å². The third kappa shape index (κ3) is 6.17. The minimum Gasteiger partial charge on any atom is -0.467 e. The monoisotopic (exact) mass is 287 g/mol. The standard InChI is InChI=1S/C12H21N3O5/c1-6(13-9(4)16)10(17)14-7(2)11(18)15-8(3)12(19)20-5/h6-8H,1-5H3,(H,13,16)(H,14,17)(H,15,18)/t6-,7-,8+/m1/s1. The predicted molar refractivity (Wildman–Crippen MR) is 70.5 cm³/mol. The summed E-state index contributed by atoms with van der Waals surface area (Å²) in [6.07, 6.45) is 0. The average molecular weight is 287 g/mol. The topological polar surface area (TPSA) is 114 Å². The van der Waals surface area contributed by atoms with Crippen molar-refractivity contribution < 1.29 is 23.9 Å². The second-order valence-corrected chi connectivity index (χ2v) is 4.41. The van der Waals surface area contributed by atoms with E-state index in [4.69, 9.17) is 0 Å². The number of carbonyl (C=O) groups is 4. The number of amides is 3. The Bertz CT molecular complexity index is 397. The van der Waals surface area contributed by atoms with Crippen LogP contribution in [0, 0.1) is 0 Å². The Labute approximate surface area is 117 Å². The normalized spacial score (nSPS) is 14.4. The number of methoxy groups -OCH3 is 1. The summed E-state index contributed by atoms with van der Waals surface area (Å²) in [5.41, 5.74) is 0. The van der Waals surface area contributed by atoms with Crippen LogP contribution in [0.3, 0.4) is 0 Å². The van der Waals surface area contributed by atoms with Crippen molar-refractivity contribution in [2.24, 2.45) is 0 Å². The van der Waals surface area contributed by atoms with Gasteiger partial charge in [-0.3, -0.25) is 14.4 Å². The smallest absolute Gasteiger partial charge is 0.328 e. The largest absolute Gasteiger partial charge is 0.467 e. The van der Waals surface area contributed by atoms with E-state index >= 15 is 0 Å². The van der Waals surface area contributed by atoms with Gasteiger partial charge in [0.1, 0.15) is 18.1 Å². The molecule has 0 saturated heterocycles. The molecule has 0 aromatic rings. The van der Waals surface area contributed by atoms with Crippen molar-refractivity contribution in [2.75, 3.05) is 7.11 Å². The van der Waals surface area contributed by atoms with Gasteiger partial charge in [0.2, 0.25) is 17.7 Å². The van der Waals surface area contributed by atoms with Crippen LogP contribution < -0.4 is 16.0 Å². The molecule has 3 N–H and O–H groups in total. The lowest BCUT2D eigenvalue weighted by Crippen LogP contribution is -2.53. The predicted octanol–water partition coefficient (Wildman–Crippen LogP) is -1.31. The van der Waals surface area contributed by atoms with Crippen LogP contribution in [0.25, 0.3) is 0 Å². The molecule has 0 radical (unpaired) electrons. The molecule has 8 heteroatoms. The van der Waals surface area contributed by atoms with Crippen LogP contribution >= 0.6 is 0 Å². The van der Waals surface area contributed by atoms with E-state index in [1.165, 1.54) is 34.8 Å². The van der Waals surface area contributed by atoms with E-state index in [0.717, 1.165) is 0 Å². The van der Waals surface area contributed by atoms with Gasteiger partial charge in [-0.1, -0.05) is 0 Å². The first-order valence-electron chi connectivity index (χ1n) is 6.14. The first-order chi connectivity index (χ1) is 9.18. The van der Waals surface area contributed by atoms with E-state index in [1.807, 2.05) is 0 Å². The molecule has 0 aliphatic heterocycles. The Morgan fingerprint density at radius 3 is 1.60 bits per heavy atom. The number of rotatable bonds is 6. The molecule has 114 valence electrons. The van der Waals surface area contributed by atoms with Gasteiger partial charge in [0, 0.05) is 6.92 Å². The van der Waals surface area contributed by atoms with E-state index in [9.17, 15) is 19.2 Å². The molecular formula is C12H21N3O5. The van der Waals surface area contributed by atoms with E-state index in [2.05, 4.69) is 20.7 Å². The Morgan fingerprint density at radius 1 is 0.800 bits per heavy atom. The highest BCUT2D eigenvalue weighted by atomic mass is 16.5. The molecule has 0 saturated carbocycles. The lowest BCUT2D eigenvalue weighted by Gasteiger charge is -2.19. The summed E-state index contributed by atoms with van der Waals surface area (Å²) in [6.45, 7) is 5.73. The number of nitrogens with one attached hydrogen (secondary N) is 3. The van der Waals surface area contributed by atoms with Crippen LogP contribution in [0.2, 0.25) is 0 Å². The van der Waals surface area contributed by atoms with E-state index in [0.29, 0.717) is 0 Å². The number of carbonyl (C=O) groups excluding carboxylic acids is 4. The van der Waals surface area contributed by atoms with Crippen molar-refractivity contribution >= 4 is 23.7 Å². The van der Waals surface area contributed by atoms with E-state index in [-0.39, 0.29) is 5.91 Å². The minimum atomic E-state index is -0.842. The van der Waals surface area contributed by atoms with Crippen LogP contribution in [-0.2, 0) is 23.9 Å². The Kier molecular flexibility index (Phi) is 7.27. The third-order valence-electron chi connectivity index (χ3n) is 2.48. The average Bonchev–Trinajstić information content (AvgIpc) is 2.36. The second kappa shape index (κ2) is 8.13. The molecule has 20 heavy (non-hydrogen) atoms. The number of esters is 1. The summed E-state index contributed by atoms with van der Waals surface area (Å²) < 4.78 is 4.47. The zero-order chi connectivity index (χ0) is 15.9. The maximum Gasteiger partial charge on any atom is 0.328 e. The number of hydrogen-bond acceptors (Lipinski definition) is 5. The van der Waals surface area contributed by atoms with Gasteiger partial charge in [0.15, 0.2) is 0 Å². The molecule has 0 aliphatic rings. The Balaban J connectivity index is 4.35. The van der Waals surface area contributed by atoms with Crippen LogP contribution in [0.5, 0.6) is 0 Å². The van der Waals surface area contributed by atoms with E-state index < -0.39 is 35.9 Å². The molecule has 0 spiro atoms. The van der Waals surface area contributed by atoms with Gasteiger partial charge < -0.3 is 20.7 Å². The molecule has 0 aliphatic carbocycles. The first-order valence-corrected chi connectivity index (χ1v) is 6.14. The molecule has 0 aromatic heterocycles. The van der Waals surface area contributed by atoms with Crippen LogP contribution in [0.15, 0.2) is 0 Å². The third-order valence-corrected chi connectivity index (χ3v) is 2.48. The molecule has 0 aromatic carbocycles. The van der Waals surface area contributed by atoms with Crippen molar-refractivity contribution in [3.63, 3.8) is 0 Å². The summed E-state index contributed by atoms with van der Waals surface area (Å²) in [6, 6.07) is -2.40. The fourth-order valence-electron chi connectivity index (χ4n) is 1.35. The van der Waals surface area contributed by atoms with Crippen LogP contribution in [0.4, 0.5) is 0 Å². The molecule has 8 nitrogen and oxygen atoms in total. The van der Waals surface area contributed by atoms with Crippen molar-refractivity contribution in [3.8, 4) is 0 Å². The Hall–Kier alpha value is -2.12. The molecular weight excluding hydrogens is 266 g/mol. The van der Waals surface area contributed by atoms with Crippen molar-refractivity contribution in [2.45, 2.75) is 45.8 Å². The zero-order valence-electron chi connectivity index (χ0n) is 12.3. The number of ether oxygens (including phenoxy) is 1. The van der Waals surface area contributed by atoms with Crippen molar-refractivity contribution in [3.05, 3.63) is 0 Å². The molecule has 3 amide bonds. The van der Waals surface area contributed by atoms with Crippen molar-refractivity contribution in [1.29, 1.82) is 0 Å². The van der Waals surface area contributed by atoms with Gasteiger partial charge in [-0.2, -0.15) is 0 Å². The minimum absolute atomic E-state index is 0.343. The highest BCUT2D eigenvalue weighted by Gasteiger charge is 2.23. The zero-order valence-corrected chi connectivity index (χ0v) is 12.3. The number of hydrogen-bond donors (Lipinski definition) is 3. The summed E-state index contributed by atoms with van der Waals surface area (Å²) >= 11 is 0. The summed E-state index contributed by atoms with van der Waals surface area (Å²) in [5.74, 6) is -1.94. The lowest BCUT2D eigenvalue weighted by atomic mass is 10.2. The van der Waals surface area contributed by atoms with Crippen LogP contribution in [-0.4, -0.2) is 48.9 Å². The maximum absolute atomic E-state index is 11.7. The molecule has 0 fully saturated rings. The SMILES string of the molecule is COC(=O)[C@H](C)NC(=O)[C@@H](C)NC(=O)[C@@H](C)NC(C)=O. The van der Waals surface area contributed by atoms with Gasteiger partial charge in [-0.05, 0) is 20.8 Å². The van der Waals surface area contributed by atoms with Gasteiger partial charge in [-0.25, -0.2) is 4.79 Å². The van der Waals surface area contributed by atoms with Crippen LogP contribution in [0.1, 0.15) is 27.7 Å². The molecule has 0 heterocycles. The van der Waals surface area contributed by atoms with Gasteiger partial charge in [0.25, 0.3) is 0 Å². The Morgan fingerprint density at radius 2 is 1.20 bits per heavy atom. The molecule has 0 bridgehead atoms. The molecule has 0 unspecified atom stereocenters. The van der Waals surface area contributed by atoms with Gasteiger partial charge >= 0.3 is 5.97 Å². The summed E-state index contributed by atoms with van der Waals surface area (Å²) in [4.78, 5) is 45.4. The van der Waals surface area contributed by atoms with Gasteiger partial charge in [0.05, 0.1) is 7.11 Å². The fraction of sp³-hybridized carbons (Fsp3) is 0.667. The van der Waals surface area contributed by atoms with E-state index in [1.54, 1.807) is 0 Å². The molecule has 3 atom stereocenters. The fourth-order valence-corrected chi connectivity index (χ4v) is 1.35. The first kappa shape index (κ1) is 17.9.